The van der Waals surface area contributed by atoms with E-state index in [1.165, 1.54) is 22.7 Å². The van der Waals surface area contributed by atoms with Gasteiger partial charge < -0.3 is 5.32 Å². The van der Waals surface area contributed by atoms with Gasteiger partial charge in [-0.05, 0) is 36.1 Å². The van der Waals surface area contributed by atoms with Crippen LogP contribution in [-0.4, -0.2) is 26.6 Å². The number of rotatable bonds is 6. The molecule has 4 rings (SSSR count). The van der Waals surface area contributed by atoms with E-state index in [9.17, 15) is 9.59 Å². The predicted octanol–water partition coefficient (Wildman–Crippen LogP) is 5.43. The molecule has 9 heteroatoms. The van der Waals surface area contributed by atoms with Crippen LogP contribution in [0.25, 0.3) is 5.69 Å². The first-order chi connectivity index (χ1) is 15.7. The average Bonchev–Trinajstić information content (AvgIpc) is 3.48. The van der Waals surface area contributed by atoms with Crippen molar-refractivity contribution in [3.63, 3.8) is 0 Å². The van der Waals surface area contributed by atoms with Gasteiger partial charge >= 0.3 is 0 Å². The Hall–Kier alpha value is -3.30. The number of anilines is 2. The number of aryl methyl sites for hydroxylation is 1. The third kappa shape index (κ3) is 5.55. The number of thiophene rings is 1. The number of nitrogens with one attached hydrogen (secondary N) is 2. The van der Waals surface area contributed by atoms with E-state index in [0.717, 1.165) is 16.9 Å². The van der Waals surface area contributed by atoms with Gasteiger partial charge in [0.15, 0.2) is 5.13 Å². The van der Waals surface area contributed by atoms with Crippen LogP contribution in [0.5, 0.6) is 0 Å². The molecule has 2 N–H and O–H groups in total. The van der Waals surface area contributed by atoms with Gasteiger partial charge in [-0.3, -0.25) is 14.9 Å². The average molecular weight is 480 g/mol. The zero-order chi connectivity index (χ0) is 23.6. The summed E-state index contributed by atoms with van der Waals surface area (Å²) in [5.74, 6) is 0.204. The summed E-state index contributed by atoms with van der Waals surface area (Å²) in [7, 11) is 0. The second-order valence-corrected chi connectivity index (χ2v) is 10.5. The maximum absolute atomic E-state index is 12.8. The first-order valence-electron chi connectivity index (χ1n) is 10.5. The molecule has 0 aliphatic rings. The lowest BCUT2D eigenvalue weighted by Gasteiger charge is -2.14. The summed E-state index contributed by atoms with van der Waals surface area (Å²) in [5, 5.41) is 14.6. The minimum absolute atomic E-state index is 0.0925. The second-order valence-electron chi connectivity index (χ2n) is 8.72. The van der Waals surface area contributed by atoms with Crippen molar-refractivity contribution in [1.82, 2.24) is 14.8 Å². The van der Waals surface area contributed by atoms with Crippen molar-refractivity contribution >= 4 is 45.4 Å². The Bertz CT molecular complexity index is 1280. The maximum Gasteiger partial charge on any atom is 0.267 e. The number of nitrogens with zero attached hydrogens (tertiary/aromatic N) is 3. The molecule has 0 unspecified atom stereocenters. The van der Waals surface area contributed by atoms with Crippen LogP contribution >= 0.6 is 22.7 Å². The highest BCUT2D eigenvalue weighted by molar-refractivity contribution is 7.14. The van der Waals surface area contributed by atoms with Crippen LogP contribution in [-0.2, 0) is 16.6 Å². The highest BCUT2D eigenvalue weighted by Gasteiger charge is 2.22. The summed E-state index contributed by atoms with van der Waals surface area (Å²) in [4.78, 5) is 30.0. The van der Waals surface area contributed by atoms with Crippen molar-refractivity contribution in [2.45, 2.75) is 39.5 Å². The number of benzene rings is 1. The van der Waals surface area contributed by atoms with Gasteiger partial charge in [0.2, 0.25) is 5.91 Å². The molecule has 2 amide bonds. The normalized spacial score (nSPS) is 11.4. The molecule has 0 saturated carbocycles. The number of hydrogen-bond donors (Lipinski definition) is 2. The molecule has 7 nitrogen and oxygen atoms in total. The van der Waals surface area contributed by atoms with E-state index in [-0.39, 0.29) is 23.7 Å². The van der Waals surface area contributed by atoms with Crippen molar-refractivity contribution in [1.29, 1.82) is 0 Å². The van der Waals surface area contributed by atoms with E-state index in [1.807, 2.05) is 48.7 Å². The molecule has 0 radical (unpaired) electrons. The maximum atomic E-state index is 12.8. The number of aromatic nitrogens is 3. The molecule has 170 valence electrons. The topological polar surface area (TPSA) is 88.9 Å². The van der Waals surface area contributed by atoms with E-state index in [1.54, 1.807) is 16.1 Å². The van der Waals surface area contributed by atoms with Crippen molar-refractivity contribution in [3.05, 3.63) is 75.1 Å². The van der Waals surface area contributed by atoms with Gasteiger partial charge in [-0.25, -0.2) is 9.67 Å². The predicted molar refractivity (Wildman–Crippen MR) is 134 cm³/mol. The summed E-state index contributed by atoms with van der Waals surface area (Å²) in [6.45, 7) is 8.28. The van der Waals surface area contributed by atoms with Crippen LogP contribution in [0.3, 0.4) is 0 Å². The Kier molecular flexibility index (Phi) is 6.44. The Morgan fingerprint density at radius 3 is 2.58 bits per heavy atom. The SMILES string of the molecule is Cc1cccc(-n2nc(C(C)(C)C)cc2NC(=O)Cc2csc(NC(=O)c3cccs3)n2)c1. The van der Waals surface area contributed by atoms with Crippen molar-refractivity contribution in [3.8, 4) is 5.69 Å². The zero-order valence-electron chi connectivity index (χ0n) is 18.9. The van der Waals surface area contributed by atoms with Gasteiger partial charge in [-0.15, -0.1) is 22.7 Å². The van der Waals surface area contributed by atoms with Crippen molar-refractivity contribution in [2.75, 3.05) is 10.6 Å². The lowest BCUT2D eigenvalue weighted by molar-refractivity contribution is -0.115. The second kappa shape index (κ2) is 9.29. The van der Waals surface area contributed by atoms with Gasteiger partial charge in [-0.2, -0.15) is 5.10 Å². The van der Waals surface area contributed by atoms with Gasteiger partial charge in [0.05, 0.1) is 28.4 Å². The fraction of sp³-hybridized carbons (Fsp3) is 0.250. The molecule has 33 heavy (non-hydrogen) atoms. The number of thiazole rings is 1. The number of amides is 2. The van der Waals surface area contributed by atoms with Crippen LogP contribution in [0.1, 0.15) is 47.4 Å². The van der Waals surface area contributed by atoms with Crippen molar-refractivity contribution in [2.24, 2.45) is 0 Å². The largest absolute Gasteiger partial charge is 0.310 e. The van der Waals surface area contributed by atoms with Gasteiger partial charge in [0.25, 0.3) is 5.91 Å². The molecule has 0 saturated heterocycles. The fourth-order valence-electron chi connectivity index (χ4n) is 3.16. The van der Waals surface area contributed by atoms with Crippen LogP contribution in [0.2, 0.25) is 0 Å². The standard InChI is InChI=1S/C24H25N5O2S2/c1-15-7-5-8-17(11-15)29-20(13-19(28-29)24(2,3)4)26-21(30)12-16-14-33-23(25-16)27-22(31)18-9-6-10-32-18/h5-11,13-14H,12H2,1-4H3,(H,26,30)(H,25,27,31). The lowest BCUT2D eigenvalue weighted by Crippen LogP contribution is -2.17. The molecule has 1 aromatic carbocycles. The summed E-state index contributed by atoms with van der Waals surface area (Å²) < 4.78 is 1.76. The highest BCUT2D eigenvalue weighted by atomic mass is 32.1. The molecule has 3 heterocycles. The molecule has 4 aromatic rings. The first kappa shape index (κ1) is 22.9. The molecule has 0 spiro atoms. The van der Waals surface area contributed by atoms with Crippen molar-refractivity contribution < 1.29 is 9.59 Å². The van der Waals surface area contributed by atoms with Gasteiger partial charge in [-0.1, -0.05) is 39.0 Å². The fourth-order valence-corrected chi connectivity index (χ4v) is 4.48. The Morgan fingerprint density at radius 2 is 1.88 bits per heavy atom. The van der Waals surface area contributed by atoms with Crippen LogP contribution in [0.4, 0.5) is 10.9 Å². The minimum atomic E-state index is -0.203. The van der Waals surface area contributed by atoms with Crippen LogP contribution in [0.15, 0.2) is 53.2 Å². The van der Waals surface area contributed by atoms with Gasteiger partial charge in [0.1, 0.15) is 5.82 Å². The Morgan fingerprint density at radius 1 is 1.06 bits per heavy atom. The minimum Gasteiger partial charge on any atom is -0.310 e. The molecule has 0 aliphatic carbocycles. The Labute approximate surface area is 200 Å². The summed E-state index contributed by atoms with van der Waals surface area (Å²) >= 11 is 2.66. The quantitative estimate of drug-likeness (QED) is 0.386. The highest BCUT2D eigenvalue weighted by Crippen LogP contribution is 2.27. The molecular weight excluding hydrogens is 454 g/mol. The summed E-state index contributed by atoms with van der Waals surface area (Å²) in [5.41, 5.74) is 3.30. The third-order valence-electron chi connectivity index (χ3n) is 4.85. The van der Waals surface area contributed by atoms with Gasteiger partial charge in [0, 0.05) is 16.9 Å². The Balaban J connectivity index is 1.49. The molecule has 0 fully saturated rings. The van der Waals surface area contributed by atoms with Crippen LogP contribution < -0.4 is 10.6 Å². The molecule has 0 atom stereocenters. The number of carbonyl (C=O) groups excluding carboxylic acids is 2. The lowest BCUT2D eigenvalue weighted by atomic mass is 9.92. The number of carbonyl (C=O) groups is 2. The summed E-state index contributed by atoms with van der Waals surface area (Å²) in [6.07, 6.45) is 0.0925. The van der Waals surface area contributed by atoms with E-state index in [0.29, 0.717) is 21.5 Å². The van der Waals surface area contributed by atoms with E-state index < -0.39 is 0 Å². The van der Waals surface area contributed by atoms with E-state index in [2.05, 4.69) is 36.4 Å². The summed E-state index contributed by atoms with van der Waals surface area (Å²) in [6, 6.07) is 13.5. The zero-order valence-corrected chi connectivity index (χ0v) is 20.5. The molecule has 0 bridgehead atoms. The third-order valence-corrected chi connectivity index (χ3v) is 6.53. The van der Waals surface area contributed by atoms with Crippen LogP contribution in [0, 0.1) is 6.92 Å². The van der Waals surface area contributed by atoms with E-state index >= 15 is 0 Å². The molecule has 0 aliphatic heterocycles. The van der Waals surface area contributed by atoms with E-state index in [4.69, 9.17) is 5.10 Å². The monoisotopic (exact) mass is 479 g/mol. The molecule has 3 aromatic heterocycles. The first-order valence-corrected chi connectivity index (χ1v) is 12.2. The number of hydrogen-bond acceptors (Lipinski definition) is 6. The molecular formula is C24H25N5O2S2. The smallest absolute Gasteiger partial charge is 0.267 e.